The highest BCUT2D eigenvalue weighted by atomic mass is 16.5. The molecule has 2 saturated heterocycles. The van der Waals surface area contributed by atoms with Gasteiger partial charge in [0.15, 0.2) is 0 Å². The average Bonchev–Trinajstić information content (AvgIpc) is 2.49. The Balaban J connectivity index is 1.96. The molecule has 2 bridgehead atoms. The van der Waals surface area contributed by atoms with Crippen molar-refractivity contribution in [1.82, 2.24) is 4.90 Å². The minimum absolute atomic E-state index is 0.0410. The maximum atomic E-state index is 11.7. The Morgan fingerprint density at radius 2 is 2.12 bits per heavy atom. The summed E-state index contributed by atoms with van der Waals surface area (Å²) in [5, 5.41) is 9.88. The topological polar surface area (TPSA) is 49.8 Å². The van der Waals surface area contributed by atoms with Gasteiger partial charge in [-0.25, -0.2) is 4.79 Å². The quantitative estimate of drug-likeness (QED) is 0.579. The molecule has 2 aliphatic heterocycles. The van der Waals surface area contributed by atoms with Crippen molar-refractivity contribution < 1.29 is 14.6 Å². The van der Waals surface area contributed by atoms with Gasteiger partial charge in [-0.15, -0.1) is 0 Å². The maximum absolute atomic E-state index is 11.7. The summed E-state index contributed by atoms with van der Waals surface area (Å²) in [6.07, 6.45) is 3.85. The summed E-state index contributed by atoms with van der Waals surface area (Å²) in [4.78, 5) is 13.9. The van der Waals surface area contributed by atoms with Crippen LogP contribution in [0.15, 0.2) is 11.6 Å². The van der Waals surface area contributed by atoms with Crippen molar-refractivity contribution in [2.75, 3.05) is 7.05 Å². The maximum Gasteiger partial charge on any atom is 0.333 e. The van der Waals surface area contributed by atoms with Gasteiger partial charge >= 0.3 is 5.97 Å². The second-order valence-corrected chi connectivity index (χ2v) is 5.16. The van der Waals surface area contributed by atoms with Crippen LogP contribution in [0.2, 0.25) is 0 Å². The number of piperidine rings is 1. The molecule has 0 spiro atoms. The Kier molecular flexibility index (Phi) is 3.54. The van der Waals surface area contributed by atoms with Crippen LogP contribution < -0.4 is 0 Å². The second-order valence-electron chi connectivity index (χ2n) is 5.16. The number of aliphatic hydroxyl groups excluding tert-OH is 1. The summed E-state index contributed by atoms with van der Waals surface area (Å²) in [6.45, 7) is 3.60. The number of hydrogen-bond acceptors (Lipinski definition) is 4. The van der Waals surface area contributed by atoms with Gasteiger partial charge in [-0.1, -0.05) is 6.08 Å². The number of nitrogens with zero attached hydrogens (tertiary/aromatic N) is 1. The predicted octanol–water partition coefficient (Wildman–Crippen LogP) is 1.09. The van der Waals surface area contributed by atoms with Crippen molar-refractivity contribution in [2.45, 2.75) is 57.4 Å². The average molecular weight is 239 g/mol. The van der Waals surface area contributed by atoms with Crippen LogP contribution in [0.4, 0.5) is 0 Å². The summed E-state index contributed by atoms with van der Waals surface area (Å²) in [7, 11) is 2.04. The molecule has 4 heteroatoms. The van der Waals surface area contributed by atoms with E-state index < -0.39 is 0 Å². The molecule has 2 fully saturated rings. The lowest BCUT2D eigenvalue weighted by atomic mass is 10.00. The highest BCUT2D eigenvalue weighted by Crippen LogP contribution is 2.35. The van der Waals surface area contributed by atoms with E-state index >= 15 is 0 Å². The number of likely N-dealkylation sites (N-methyl/N-ethyl adjacent to an activating group) is 1. The van der Waals surface area contributed by atoms with Crippen molar-refractivity contribution in [3.05, 3.63) is 11.6 Å². The summed E-state index contributed by atoms with van der Waals surface area (Å²) in [5.41, 5.74) is 0.650. The van der Waals surface area contributed by atoms with Crippen molar-refractivity contribution >= 4 is 5.97 Å². The molecule has 0 aromatic carbocycles. The van der Waals surface area contributed by atoms with E-state index in [1.165, 1.54) is 0 Å². The number of hydrogen-bond donors (Lipinski definition) is 1. The first kappa shape index (κ1) is 12.6. The van der Waals surface area contributed by atoms with Crippen molar-refractivity contribution in [3.63, 3.8) is 0 Å². The standard InChI is InChI=1S/C13H21NO3/c1-4-8(2)13(16)17-10-5-9-6-12(15)11(7-10)14(9)3/h4,9-12,15H,5-7H2,1-3H3. The fourth-order valence-corrected chi connectivity index (χ4v) is 2.86. The van der Waals surface area contributed by atoms with E-state index in [0.717, 1.165) is 19.3 Å². The number of esters is 1. The molecular formula is C13H21NO3. The first-order valence-electron chi connectivity index (χ1n) is 6.26. The molecule has 17 heavy (non-hydrogen) atoms. The molecule has 0 aromatic heterocycles. The molecule has 2 aliphatic rings. The Bertz CT molecular complexity index is 340. The lowest BCUT2D eigenvalue weighted by Crippen LogP contribution is -2.45. The number of aliphatic hydroxyl groups is 1. The highest BCUT2D eigenvalue weighted by Gasteiger charge is 2.45. The van der Waals surface area contributed by atoms with Crippen LogP contribution in [0.1, 0.15) is 33.1 Å². The first-order chi connectivity index (χ1) is 8.02. The molecule has 0 aromatic rings. The molecule has 0 amide bonds. The van der Waals surface area contributed by atoms with E-state index in [1.807, 2.05) is 14.0 Å². The van der Waals surface area contributed by atoms with Crippen LogP contribution in [0, 0.1) is 0 Å². The van der Waals surface area contributed by atoms with Crippen LogP contribution in [0.5, 0.6) is 0 Å². The highest BCUT2D eigenvalue weighted by molar-refractivity contribution is 5.87. The van der Waals surface area contributed by atoms with E-state index in [2.05, 4.69) is 4.90 Å². The summed E-state index contributed by atoms with van der Waals surface area (Å²) >= 11 is 0. The van der Waals surface area contributed by atoms with Gasteiger partial charge in [-0.2, -0.15) is 0 Å². The van der Waals surface area contributed by atoms with Gasteiger partial charge < -0.3 is 9.84 Å². The number of rotatable bonds is 2. The van der Waals surface area contributed by atoms with Gasteiger partial charge in [0.1, 0.15) is 6.10 Å². The Morgan fingerprint density at radius 1 is 1.41 bits per heavy atom. The largest absolute Gasteiger partial charge is 0.459 e. The van der Waals surface area contributed by atoms with Gasteiger partial charge in [-0.3, -0.25) is 4.90 Å². The number of carbonyl (C=O) groups excluding carboxylic acids is 1. The zero-order valence-electron chi connectivity index (χ0n) is 10.7. The van der Waals surface area contributed by atoms with E-state index in [4.69, 9.17) is 4.74 Å². The Hall–Kier alpha value is -0.870. The molecule has 0 radical (unpaired) electrons. The van der Waals surface area contributed by atoms with Gasteiger partial charge in [0.2, 0.25) is 0 Å². The fraction of sp³-hybridized carbons (Fsp3) is 0.769. The third-order valence-corrected chi connectivity index (χ3v) is 4.12. The molecule has 1 N–H and O–H groups in total. The van der Waals surface area contributed by atoms with Crippen LogP contribution in [0.3, 0.4) is 0 Å². The predicted molar refractivity (Wildman–Crippen MR) is 64.5 cm³/mol. The lowest BCUT2D eigenvalue weighted by molar-refractivity contribution is -0.147. The number of fused-ring (bicyclic) bond motifs is 2. The molecule has 4 nitrogen and oxygen atoms in total. The normalized spacial score (nSPS) is 38.2. The van der Waals surface area contributed by atoms with E-state index in [-0.39, 0.29) is 24.2 Å². The zero-order chi connectivity index (χ0) is 12.6. The molecule has 2 heterocycles. The van der Waals surface area contributed by atoms with Crippen LogP contribution in [-0.4, -0.2) is 47.3 Å². The van der Waals surface area contributed by atoms with Crippen molar-refractivity contribution in [1.29, 1.82) is 0 Å². The smallest absolute Gasteiger partial charge is 0.333 e. The summed E-state index contributed by atoms with van der Waals surface area (Å²) in [6, 6.07) is 0.505. The fourth-order valence-electron chi connectivity index (χ4n) is 2.86. The van der Waals surface area contributed by atoms with Crippen molar-refractivity contribution in [2.24, 2.45) is 0 Å². The Labute approximate surface area is 102 Å². The molecule has 0 aliphatic carbocycles. The third-order valence-electron chi connectivity index (χ3n) is 4.12. The van der Waals surface area contributed by atoms with Crippen LogP contribution in [-0.2, 0) is 9.53 Å². The SMILES string of the molecule is CC=C(C)C(=O)OC1CC2CC(O)C(C1)N2C. The van der Waals surface area contributed by atoms with Crippen LogP contribution >= 0.6 is 0 Å². The molecule has 0 saturated carbocycles. The van der Waals surface area contributed by atoms with Crippen LogP contribution in [0.25, 0.3) is 0 Å². The minimum atomic E-state index is -0.267. The van der Waals surface area contributed by atoms with E-state index in [9.17, 15) is 9.90 Å². The third kappa shape index (κ3) is 2.38. The molecule has 4 unspecified atom stereocenters. The van der Waals surface area contributed by atoms with Gasteiger partial charge in [0.25, 0.3) is 0 Å². The lowest BCUT2D eigenvalue weighted by Gasteiger charge is -2.36. The molecule has 96 valence electrons. The van der Waals surface area contributed by atoms with E-state index in [1.54, 1.807) is 13.0 Å². The zero-order valence-corrected chi connectivity index (χ0v) is 10.7. The molecule has 2 rings (SSSR count). The van der Waals surface area contributed by atoms with E-state index in [0.29, 0.717) is 11.6 Å². The Morgan fingerprint density at radius 3 is 2.71 bits per heavy atom. The minimum Gasteiger partial charge on any atom is -0.459 e. The summed E-state index contributed by atoms with van der Waals surface area (Å²) in [5.74, 6) is -0.226. The number of allylic oxidation sites excluding steroid dienone is 1. The molecule has 4 atom stereocenters. The first-order valence-corrected chi connectivity index (χ1v) is 6.26. The molecular weight excluding hydrogens is 218 g/mol. The van der Waals surface area contributed by atoms with Gasteiger partial charge in [-0.05, 0) is 27.3 Å². The van der Waals surface area contributed by atoms with Gasteiger partial charge in [0, 0.05) is 30.5 Å². The summed E-state index contributed by atoms with van der Waals surface area (Å²) < 4.78 is 5.48. The number of carbonyl (C=O) groups is 1. The van der Waals surface area contributed by atoms with Gasteiger partial charge in [0.05, 0.1) is 6.10 Å². The monoisotopic (exact) mass is 239 g/mol. The van der Waals surface area contributed by atoms with Crippen molar-refractivity contribution in [3.8, 4) is 0 Å². The second kappa shape index (κ2) is 4.78. The number of ether oxygens (including phenoxy) is 1.